The maximum atomic E-state index is 8.71. The minimum Gasteiger partial charge on any atom is -0.313 e. The Labute approximate surface area is 47.8 Å². The van der Waals surface area contributed by atoms with Gasteiger partial charge in [0.2, 0.25) is 0 Å². The summed E-state index contributed by atoms with van der Waals surface area (Å²) < 4.78 is 0. The molecular weight excluding hydrogens is 108 g/mol. The van der Waals surface area contributed by atoms with Crippen LogP contribution in [0.15, 0.2) is 0 Å². The Morgan fingerprint density at radius 3 is 1.75 bits per heavy atom. The van der Waals surface area contributed by atoms with E-state index in [0.29, 0.717) is 13.1 Å². The van der Waals surface area contributed by atoms with Gasteiger partial charge in [0, 0.05) is 13.1 Å². The molecule has 8 heavy (non-hydrogen) atoms. The van der Waals surface area contributed by atoms with Crippen LogP contribution in [0.5, 0.6) is 0 Å². The third kappa shape index (κ3) is 1.41. The van der Waals surface area contributed by atoms with Crippen molar-refractivity contribution in [3.8, 4) is 0 Å². The Morgan fingerprint density at radius 2 is 1.50 bits per heavy atom. The van der Waals surface area contributed by atoms with E-state index in [2.05, 4.69) is 0 Å². The summed E-state index contributed by atoms with van der Waals surface area (Å²) in [6.07, 6.45) is 0.826. The standard InChI is InChI=1S/C4H10N2O2/c7-5-2-1-3-6(8)4-5/h7-8H,1-4H2. The maximum absolute atomic E-state index is 8.71. The van der Waals surface area contributed by atoms with E-state index in [1.165, 1.54) is 0 Å². The van der Waals surface area contributed by atoms with Crippen LogP contribution in [0, 0.1) is 0 Å². The van der Waals surface area contributed by atoms with Gasteiger partial charge in [-0.1, -0.05) is 0 Å². The quantitative estimate of drug-likeness (QED) is 0.459. The summed E-state index contributed by atoms with van der Waals surface area (Å²) in [5, 5.41) is 19.6. The number of nitrogens with zero attached hydrogens (tertiary/aromatic N) is 2. The zero-order chi connectivity index (χ0) is 5.98. The lowest BCUT2D eigenvalue weighted by molar-refractivity contribution is -0.227. The topological polar surface area (TPSA) is 46.9 Å². The van der Waals surface area contributed by atoms with Gasteiger partial charge in [0.05, 0.1) is 6.67 Å². The Hall–Kier alpha value is -0.160. The van der Waals surface area contributed by atoms with Crippen LogP contribution in [-0.2, 0) is 0 Å². The van der Waals surface area contributed by atoms with Crippen molar-refractivity contribution in [2.45, 2.75) is 6.42 Å². The van der Waals surface area contributed by atoms with Crippen LogP contribution in [0.4, 0.5) is 0 Å². The summed E-state index contributed by atoms with van der Waals surface area (Å²) in [6, 6.07) is 0. The minimum absolute atomic E-state index is 0.250. The first-order valence-corrected chi connectivity index (χ1v) is 2.66. The maximum Gasteiger partial charge on any atom is 0.0994 e. The number of rotatable bonds is 0. The Kier molecular flexibility index (Phi) is 1.80. The van der Waals surface area contributed by atoms with Gasteiger partial charge in [-0.3, -0.25) is 0 Å². The highest BCUT2D eigenvalue weighted by Crippen LogP contribution is 1.97. The molecule has 1 aliphatic rings. The van der Waals surface area contributed by atoms with Gasteiger partial charge in [-0.25, -0.2) is 0 Å². The zero-order valence-electron chi connectivity index (χ0n) is 4.62. The van der Waals surface area contributed by atoms with Crippen molar-refractivity contribution >= 4 is 0 Å². The van der Waals surface area contributed by atoms with Crippen molar-refractivity contribution in [1.82, 2.24) is 10.1 Å². The molecule has 0 spiro atoms. The van der Waals surface area contributed by atoms with Gasteiger partial charge in [0.15, 0.2) is 0 Å². The average molecular weight is 118 g/mol. The van der Waals surface area contributed by atoms with Crippen molar-refractivity contribution in [1.29, 1.82) is 0 Å². The highest BCUT2D eigenvalue weighted by Gasteiger charge is 2.11. The van der Waals surface area contributed by atoms with Crippen LogP contribution in [0.2, 0.25) is 0 Å². The molecule has 0 amide bonds. The summed E-state index contributed by atoms with van der Waals surface area (Å²) in [5.74, 6) is 0. The molecule has 1 rings (SSSR count). The van der Waals surface area contributed by atoms with Crippen LogP contribution < -0.4 is 0 Å². The molecule has 0 radical (unpaired) electrons. The minimum atomic E-state index is 0.250. The molecule has 0 aromatic heterocycles. The second kappa shape index (κ2) is 2.41. The molecule has 0 aromatic rings. The van der Waals surface area contributed by atoms with Crippen LogP contribution >= 0.6 is 0 Å². The fourth-order valence-corrected chi connectivity index (χ4v) is 0.766. The van der Waals surface area contributed by atoms with E-state index in [1.807, 2.05) is 0 Å². The summed E-state index contributed by atoms with van der Waals surface area (Å²) in [7, 11) is 0. The fraction of sp³-hybridized carbons (Fsp3) is 1.00. The van der Waals surface area contributed by atoms with E-state index in [9.17, 15) is 0 Å². The molecular formula is C4H10N2O2. The molecule has 1 saturated heterocycles. The summed E-state index contributed by atoms with van der Waals surface area (Å²) in [5.41, 5.74) is 0. The van der Waals surface area contributed by atoms with Crippen LogP contribution in [0.3, 0.4) is 0 Å². The average Bonchev–Trinajstić information content (AvgIpc) is 1.64. The first-order valence-electron chi connectivity index (χ1n) is 2.66. The van der Waals surface area contributed by atoms with Gasteiger partial charge < -0.3 is 10.4 Å². The van der Waals surface area contributed by atoms with Crippen LogP contribution in [-0.4, -0.2) is 40.3 Å². The second-order valence-electron chi connectivity index (χ2n) is 1.96. The van der Waals surface area contributed by atoms with Crippen molar-refractivity contribution in [3.63, 3.8) is 0 Å². The molecule has 0 unspecified atom stereocenters. The summed E-state index contributed by atoms with van der Waals surface area (Å²) >= 11 is 0. The molecule has 1 heterocycles. The molecule has 4 heteroatoms. The van der Waals surface area contributed by atoms with E-state index in [4.69, 9.17) is 10.4 Å². The number of hydroxylamine groups is 4. The SMILES string of the molecule is ON1CCCN(O)C1. The van der Waals surface area contributed by atoms with Gasteiger partial charge in [-0.2, -0.15) is 10.1 Å². The first-order chi connectivity index (χ1) is 3.79. The lowest BCUT2D eigenvalue weighted by Crippen LogP contribution is -2.40. The molecule has 1 fully saturated rings. The largest absolute Gasteiger partial charge is 0.313 e. The van der Waals surface area contributed by atoms with E-state index < -0.39 is 0 Å². The molecule has 0 aliphatic carbocycles. The van der Waals surface area contributed by atoms with Crippen molar-refractivity contribution in [2.75, 3.05) is 19.8 Å². The van der Waals surface area contributed by atoms with E-state index in [1.54, 1.807) is 0 Å². The second-order valence-corrected chi connectivity index (χ2v) is 1.96. The predicted molar refractivity (Wildman–Crippen MR) is 26.5 cm³/mol. The van der Waals surface area contributed by atoms with Gasteiger partial charge in [0.1, 0.15) is 0 Å². The predicted octanol–water partition coefficient (Wildman–Crippen LogP) is -0.270. The Morgan fingerprint density at radius 1 is 1.00 bits per heavy atom. The molecule has 0 atom stereocenters. The van der Waals surface area contributed by atoms with E-state index in [-0.39, 0.29) is 6.67 Å². The highest BCUT2D eigenvalue weighted by molar-refractivity contribution is 4.53. The lowest BCUT2D eigenvalue weighted by atomic mass is 10.4. The molecule has 0 saturated carbocycles. The van der Waals surface area contributed by atoms with Gasteiger partial charge >= 0.3 is 0 Å². The van der Waals surface area contributed by atoms with E-state index >= 15 is 0 Å². The molecule has 0 aromatic carbocycles. The Bertz CT molecular complexity index is 70.4. The highest BCUT2D eigenvalue weighted by atomic mass is 16.5. The van der Waals surface area contributed by atoms with Crippen molar-refractivity contribution < 1.29 is 10.4 Å². The lowest BCUT2D eigenvalue weighted by Gasteiger charge is -2.26. The van der Waals surface area contributed by atoms with E-state index in [0.717, 1.165) is 16.5 Å². The van der Waals surface area contributed by atoms with Gasteiger partial charge in [-0.15, -0.1) is 0 Å². The molecule has 1 aliphatic heterocycles. The monoisotopic (exact) mass is 118 g/mol. The summed E-state index contributed by atoms with van der Waals surface area (Å²) in [6.45, 7) is 1.58. The zero-order valence-corrected chi connectivity index (χ0v) is 4.62. The summed E-state index contributed by atoms with van der Waals surface area (Å²) in [4.78, 5) is 0. The molecule has 48 valence electrons. The Balaban J connectivity index is 2.23. The molecule has 0 bridgehead atoms. The molecule has 2 N–H and O–H groups in total. The van der Waals surface area contributed by atoms with Crippen molar-refractivity contribution in [2.24, 2.45) is 0 Å². The smallest absolute Gasteiger partial charge is 0.0994 e. The van der Waals surface area contributed by atoms with Gasteiger partial charge in [0.25, 0.3) is 0 Å². The normalized spacial score (nSPS) is 26.2. The molecule has 4 nitrogen and oxygen atoms in total. The first kappa shape index (κ1) is 5.97. The number of hydrogen-bond acceptors (Lipinski definition) is 4. The fourth-order valence-electron chi connectivity index (χ4n) is 0.766. The van der Waals surface area contributed by atoms with Crippen molar-refractivity contribution in [3.05, 3.63) is 0 Å². The van der Waals surface area contributed by atoms with Gasteiger partial charge in [-0.05, 0) is 6.42 Å². The number of hydrogen-bond donors (Lipinski definition) is 2. The third-order valence-electron chi connectivity index (χ3n) is 1.16. The van der Waals surface area contributed by atoms with Crippen LogP contribution in [0.1, 0.15) is 6.42 Å². The third-order valence-corrected chi connectivity index (χ3v) is 1.16. The van der Waals surface area contributed by atoms with Crippen LogP contribution in [0.25, 0.3) is 0 Å².